The van der Waals surface area contributed by atoms with E-state index in [4.69, 9.17) is 4.74 Å². The second-order valence-corrected chi connectivity index (χ2v) is 10.1. The first-order valence-corrected chi connectivity index (χ1v) is 13.0. The zero-order valence-electron chi connectivity index (χ0n) is 21.8. The Hall–Kier alpha value is -3.70. The maximum Gasteiger partial charge on any atom is 0.447 e. The summed E-state index contributed by atoms with van der Waals surface area (Å²) in [6, 6.07) is 4.98. The van der Waals surface area contributed by atoms with Gasteiger partial charge in [0.1, 0.15) is 28.5 Å². The van der Waals surface area contributed by atoms with Gasteiger partial charge in [0.25, 0.3) is 5.91 Å². The lowest BCUT2D eigenvalue weighted by Crippen LogP contribution is -2.46. The van der Waals surface area contributed by atoms with Gasteiger partial charge in [0, 0.05) is 44.2 Å². The van der Waals surface area contributed by atoms with Crippen LogP contribution in [0.2, 0.25) is 0 Å². The van der Waals surface area contributed by atoms with E-state index in [1.807, 2.05) is 11.9 Å². The van der Waals surface area contributed by atoms with Crippen LogP contribution in [0.25, 0.3) is 5.65 Å². The lowest BCUT2D eigenvalue weighted by Gasteiger charge is -2.33. The van der Waals surface area contributed by atoms with Crippen molar-refractivity contribution in [2.75, 3.05) is 51.5 Å². The van der Waals surface area contributed by atoms with E-state index in [0.29, 0.717) is 18.7 Å². The molecule has 2 aromatic heterocycles. The second-order valence-electron chi connectivity index (χ2n) is 9.01. The molecule has 1 aliphatic rings. The molecule has 1 amide bonds. The number of halogens is 5. The van der Waals surface area contributed by atoms with Crippen molar-refractivity contribution in [3.8, 4) is 17.6 Å². The number of carbonyl (C=O) groups is 1. The number of pyridine rings is 1. The number of fused-ring (bicyclic) bond motifs is 1. The number of nitrogens with zero attached hydrogens (tertiary/aromatic N) is 3. The van der Waals surface area contributed by atoms with Crippen LogP contribution in [0.1, 0.15) is 22.5 Å². The highest BCUT2D eigenvalue weighted by Gasteiger charge is 2.34. The van der Waals surface area contributed by atoms with Gasteiger partial charge in [0.2, 0.25) is 0 Å². The molecule has 40 heavy (non-hydrogen) atoms. The number of benzene rings is 1. The minimum atomic E-state index is -4.61. The Kier molecular flexibility index (Phi) is 8.95. The van der Waals surface area contributed by atoms with Crippen molar-refractivity contribution in [1.29, 1.82) is 0 Å². The number of hydrogen-bond acceptors (Lipinski definition) is 7. The first-order chi connectivity index (χ1) is 19.0. The van der Waals surface area contributed by atoms with Gasteiger partial charge >= 0.3 is 5.51 Å². The largest absolute Gasteiger partial charge is 0.495 e. The molecule has 4 rings (SSSR count). The molecule has 0 radical (unpaired) electrons. The molecule has 0 saturated carbocycles. The first kappa shape index (κ1) is 29.3. The zero-order chi connectivity index (χ0) is 29.0. The highest BCUT2D eigenvalue weighted by molar-refractivity contribution is 8.00. The summed E-state index contributed by atoms with van der Waals surface area (Å²) in [6.45, 7) is 0.832. The number of thioether (sulfide) groups is 1. The van der Waals surface area contributed by atoms with E-state index < -0.39 is 29.4 Å². The monoisotopic (exact) mass is 582 g/mol. The van der Waals surface area contributed by atoms with Gasteiger partial charge < -0.3 is 25.6 Å². The predicted octanol–water partition coefficient (Wildman–Crippen LogP) is 4.37. The van der Waals surface area contributed by atoms with Crippen LogP contribution in [-0.4, -0.2) is 78.8 Å². The van der Waals surface area contributed by atoms with Crippen LogP contribution in [0.15, 0.2) is 35.5 Å². The summed E-state index contributed by atoms with van der Waals surface area (Å²) in [4.78, 5) is 18.1. The van der Waals surface area contributed by atoms with Crippen LogP contribution in [0.5, 0.6) is 5.75 Å². The molecule has 1 aromatic carbocycles. The third kappa shape index (κ3) is 6.71. The predicted molar refractivity (Wildman–Crippen MR) is 143 cm³/mol. The number of anilines is 2. The van der Waals surface area contributed by atoms with Crippen LogP contribution in [0.3, 0.4) is 0 Å². The highest BCUT2D eigenvalue weighted by Crippen LogP contribution is 2.39. The molecule has 2 unspecified atom stereocenters. The Morgan fingerprint density at radius 3 is 2.75 bits per heavy atom. The van der Waals surface area contributed by atoms with Crippen LogP contribution in [-0.2, 0) is 0 Å². The number of piperidine rings is 1. The average molecular weight is 583 g/mol. The van der Waals surface area contributed by atoms with E-state index in [1.54, 1.807) is 12.1 Å². The molecular formula is C26H27F5N6O2S. The maximum absolute atomic E-state index is 14.6. The van der Waals surface area contributed by atoms with Gasteiger partial charge in [0.15, 0.2) is 5.65 Å². The van der Waals surface area contributed by atoms with Crippen molar-refractivity contribution in [2.45, 2.75) is 29.2 Å². The van der Waals surface area contributed by atoms with E-state index >= 15 is 0 Å². The summed E-state index contributed by atoms with van der Waals surface area (Å²) in [5.74, 6) is 4.13. The number of ether oxygens (including phenoxy) is 1. The van der Waals surface area contributed by atoms with Crippen molar-refractivity contribution in [2.24, 2.45) is 0 Å². The van der Waals surface area contributed by atoms with Crippen molar-refractivity contribution >= 4 is 34.7 Å². The number of imidazole rings is 1. The fourth-order valence-electron chi connectivity index (χ4n) is 4.30. The van der Waals surface area contributed by atoms with E-state index in [2.05, 4.69) is 32.8 Å². The average Bonchev–Trinajstić information content (AvgIpc) is 3.24. The molecule has 3 aromatic rings. The van der Waals surface area contributed by atoms with Crippen LogP contribution >= 0.6 is 11.8 Å². The van der Waals surface area contributed by atoms with Crippen molar-refractivity contribution in [3.05, 3.63) is 47.5 Å². The van der Waals surface area contributed by atoms with Crippen LogP contribution < -0.4 is 20.7 Å². The van der Waals surface area contributed by atoms with E-state index in [9.17, 15) is 26.7 Å². The van der Waals surface area contributed by atoms with Gasteiger partial charge in [-0.15, -0.1) is 0 Å². The van der Waals surface area contributed by atoms with Gasteiger partial charge in [-0.3, -0.25) is 9.20 Å². The lowest BCUT2D eigenvalue weighted by molar-refractivity contribution is -0.0330. The van der Waals surface area contributed by atoms with Gasteiger partial charge in [-0.2, -0.15) is 13.2 Å². The standard InChI is InChI=1S/C26H27F5N6O2S/c1-32-24(38)15-12-22(39-3)21(13-16(15)27)33-9-4-6-20-25(40-26(29,30)31)37-10-5-7-19(23(37)35-20)34-18-8-11-36(2)14-17(18)28/h5,7,10,12-13,17-18,33-34H,8-9,11,14H2,1-3H3,(H,32,38). The second kappa shape index (κ2) is 12.2. The summed E-state index contributed by atoms with van der Waals surface area (Å²) in [5, 5.41) is 8.04. The topological polar surface area (TPSA) is 82.9 Å². The Balaban J connectivity index is 1.61. The molecule has 1 aliphatic heterocycles. The zero-order valence-corrected chi connectivity index (χ0v) is 22.6. The highest BCUT2D eigenvalue weighted by atomic mass is 32.2. The van der Waals surface area contributed by atoms with Gasteiger partial charge in [0.05, 0.1) is 36.6 Å². The Morgan fingerprint density at radius 2 is 2.08 bits per heavy atom. The van der Waals surface area contributed by atoms with E-state index in [-0.39, 0.29) is 58.2 Å². The maximum atomic E-state index is 14.6. The number of methoxy groups -OCH3 is 1. The van der Waals surface area contributed by atoms with Gasteiger partial charge in [-0.05, 0) is 37.6 Å². The van der Waals surface area contributed by atoms with E-state index in [1.165, 1.54) is 30.8 Å². The van der Waals surface area contributed by atoms with Crippen molar-refractivity contribution in [3.63, 3.8) is 0 Å². The fraction of sp³-hybridized carbons (Fsp3) is 0.385. The molecule has 2 atom stereocenters. The molecule has 8 nitrogen and oxygen atoms in total. The summed E-state index contributed by atoms with van der Waals surface area (Å²) in [5.41, 5.74) is -4.15. The quantitative estimate of drug-likeness (QED) is 0.217. The van der Waals surface area contributed by atoms with Crippen molar-refractivity contribution < 1.29 is 31.5 Å². The Morgan fingerprint density at radius 1 is 1.30 bits per heavy atom. The normalized spacial score (nSPS) is 17.7. The molecule has 0 spiro atoms. The number of hydrogen-bond donors (Lipinski definition) is 3. The number of alkyl halides is 4. The Bertz CT molecular complexity index is 1450. The third-order valence-electron chi connectivity index (χ3n) is 6.24. The molecule has 0 aliphatic carbocycles. The number of amides is 1. The fourth-order valence-corrected chi connectivity index (χ4v) is 4.96. The molecule has 214 valence electrons. The van der Waals surface area contributed by atoms with E-state index in [0.717, 1.165) is 6.07 Å². The first-order valence-electron chi connectivity index (χ1n) is 12.2. The molecule has 3 heterocycles. The van der Waals surface area contributed by atoms with Crippen molar-refractivity contribution in [1.82, 2.24) is 19.6 Å². The molecule has 0 bridgehead atoms. The molecule has 14 heteroatoms. The summed E-state index contributed by atoms with van der Waals surface area (Å²) >= 11 is -0.350. The molecule has 1 fully saturated rings. The summed E-state index contributed by atoms with van der Waals surface area (Å²) in [6.07, 6.45) is 0.806. The van der Waals surface area contributed by atoms with Gasteiger partial charge in [-0.25, -0.2) is 13.8 Å². The van der Waals surface area contributed by atoms with Crippen LogP contribution in [0.4, 0.5) is 33.3 Å². The number of aromatic nitrogens is 2. The number of likely N-dealkylation sites (tertiary alicyclic amines) is 1. The number of rotatable bonds is 7. The van der Waals surface area contributed by atoms with Crippen LogP contribution in [0, 0.1) is 17.7 Å². The van der Waals surface area contributed by atoms with Gasteiger partial charge in [-0.1, -0.05) is 5.92 Å². The number of carbonyl (C=O) groups excluding carboxylic acids is 1. The smallest absolute Gasteiger partial charge is 0.447 e. The summed E-state index contributed by atoms with van der Waals surface area (Å²) in [7, 11) is 4.54. The molecule has 3 N–H and O–H groups in total. The number of nitrogens with one attached hydrogen (secondary N) is 3. The molecular weight excluding hydrogens is 555 g/mol. The minimum Gasteiger partial charge on any atom is -0.495 e. The Labute approximate surface area is 231 Å². The lowest BCUT2D eigenvalue weighted by atomic mass is 10.0. The molecule has 1 saturated heterocycles. The minimum absolute atomic E-state index is 0.0939. The SMILES string of the molecule is CNC(=O)c1cc(OC)c(NCC#Cc2nc3c(NC4CCN(C)CC4F)cccn3c2SC(F)(F)F)cc1F. The third-order valence-corrected chi connectivity index (χ3v) is 7.05. The summed E-state index contributed by atoms with van der Waals surface area (Å²) < 4.78 is 75.9.